The zero-order chi connectivity index (χ0) is 21.7. The quantitative estimate of drug-likeness (QED) is 0.725. The minimum absolute atomic E-state index is 0.0844. The van der Waals surface area contributed by atoms with Crippen molar-refractivity contribution >= 4 is 23.3 Å². The number of fused-ring (bicyclic) bond motifs is 1. The average Bonchev–Trinajstić information content (AvgIpc) is 3.18. The van der Waals surface area contributed by atoms with Gasteiger partial charge in [-0.3, -0.25) is 9.48 Å². The topological polar surface area (TPSA) is 90.7 Å². The van der Waals surface area contributed by atoms with Crippen LogP contribution in [0, 0.1) is 17.5 Å². The van der Waals surface area contributed by atoms with Crippen molar-refractivity contribution in [2.24, 2.45) is 0 Å². The van der Waals surface area contributed by atoms with E-state index in [4.69, 9.17) is 0 Å². The Balaban J connectivity index is 1.58. The molecule has 30 heavy (non-hydrogen) atoms. The molecule has 3 heterocycles. The van der Waals surface area contributed by atoms with Crippen LogP contribution < -0.4 is 10.2 Å². The van der Waals surface area contributed by atoms with Crippen LogP contribution in [0.3, 0.4) is 0 Å². The first-order valence-corrected chi connectivity index (χ1v) is 9.45. The molecule has 0 bridgehead atoms. The van der Waals surface area contributed by atoms with Gasteiger partial charge in [-0.1, -0.05) is 0 Å². The van der Waals surface area contributed by atoms with E-state index in [1.54, 1.807) is 11.6 Å². The van der Waals surface area contributed by atoms with Crippen molar-refractivity contribution in [2.75, 3.05) is 10.2 Å². The molecule has 0 saturated carbocycles. The summed E-state index contributed by atoms with van der Waals surface area (Å²) in [5.74, 6) is -4.85. The van der Waals surface area contributed by atoms with E-state index in [0.29, 0.717) is 36.5 Å². The fourth-order valence-corrected chi connectivity index (χ4v) is 3.95. The predicted octanol–water partition coefficient (Wildman–Crippen LogP) is 2.22. The van der Waals surface area contributed by atoms with E-state index in [9.17, 15) is 27.9 Å². The smallest absolute Gasteiger partial charge is 0.322 e. The summed E-state index contributed by atoms with van der Waals surface area (Å²) in [4.78, 5) is 28.0. The van der Waals surface area contributed by atoms with Crippen molar-refractivity contribution in [3.63, 3.8) is 0 Å². The molecule has 8 nitrogen and oxygen atoms in total. The molecule has 11 heteroatoms. The second-order valence-electron chi connectivity index (χ2n) is 7.63. The van der Waals surface area contributed by atoms with Gasteiger partial charge in [0.05, 0.1) is 36.7 Å². The Morgan fingerprint density at radius 2 is 1.87 bits per heavy atom. The van der Waals surface area contributed by atoms with Gasteiger partial charge >= 0.3 is 6.03 Å². The highest BCUT2D eigenvalue weighted by molar-refractivity contribution is 5.99. The highest BCUT2D eigenvalue weighted by Crippen LogP contribution is 2.33. The van der Waals surface area contributed by atoms with Gasteiger partial charge in [-0.15, -0.1) is 0 Å². The number of aromatic nitrogens is 2. The van der Waals surface area contributed by atoms with E-state index in [2.05, 4.69) is 10.4 Å². The Hall–Kier alpha value is -3.08. The summed E-state index contributed by atoms with van der Waals surface area (Å²) in [6, 6.07) is 0.233. The van der Waals surface area contributed by atoms with Crippen LogP contribution >= 0.6 is 0 Å². The number of hydrogen-bond acceptors (Lipinski definition) is 4. The third-order valence-electron chi connectivity index (χ3n) is 5.50. The number of carbonyl (C=O) groups is 2. The molecular formula is C19H20F3N5O3. The van der Waals surface area contributed by atoms with Gasteiger partial charge in [0, 0.05) is 30.3 Å². The first-order chi connectivity index (χ1) is 14.2. The number of nitrogens with one attached hydrogen (secondary N) is 1. The Morgan fingerprint density at radius 1 is 1.20 bits per heavy atom. The third kappa shape index (κ3) is 3.28. The SMILES string of the molecule is C[C@H]1Cn2ncc(N3C(=O)C(O)C[C@@H]3C)c2CN1C(=O)Nc1cc(F)c(F)c(F)c1. The molecule has 2 N–H and O–H groups in total. The monoisotopic (exact) mass is 423 g/mol. The summed E-state index contributed by atoms with van der Waals surface area (Å²) in [6.07, 6.45) is 0.743. The van der Waals surface area contributed by atoms with Gasteiger partial charge in [-0.25, -0.2) is 18.0 Å². The summed E-state index contributed by atoms with van der Waals surface area (Å²) in [5, 5.41) is 16.5. The van der Waals surface area contributed by atoms with Gasteiger partial charge in [0.1, 0.15) is 6.10 Å². The number of carbonyl (C=O) groups excluding carboxylic acids is 2. The fourth-order valence-electron chi connectivity index (χ4n) is 3.95. The Bertz CT molecular complexity index is 1000. The molecule has 1 unspecified atom stereocenters. The van der Waals surface area contributed by atoms with Crippen molar-refractivity contribution in [3.05, 3.63) is 41.5 Å². The molecule has 3 atom stereocenters. The maximum atomic E-state index is 13.4. The first-order valence-electron chi connectivity index (χ1n) is 9.45. The number of anilines is 2. The van der Waals surface area contributed by atoms with Crippen molar-refractivity contribution in [1.82, 2.24) is 14.7 Å². The predicted molar refractivity (Wildman–Crippen MR) is 100 cm³/mol. The van der Waals surface area contributed by atoms with Crippen LogP contribution in [-0.4, -0.2) is 49.9 Å². The lowest BCUT2D eigenvalue weighted by Crippen LogP contribution is -2.47. The lowest BCUT2D eigenvalue weighted by Gasteiger charge is -2.35. The summed E-state index contributed by atoms with van der Waals surface area (Å²) in [7, 11) is 0. The molecule has 4 rings (SSSR count). The largest absolute Gasteiger partial charge is 0.383 e. The number of aliphatic hydroxyl groups excluding tert-OH is 1. The number of urea groups is 1. The van der Waals surface area contributed by atoms with Crippen LogP contribution in [0.4, 0.5) is 29.3 Å². The molecule has 0 aliphatic carbocycles. The zero-order valence-corrected chi connectivity index (χ0v) is 16.3. The molecular weight excluding hydrogens is 403 g/mol. The Morgan fingerprint density at radius 3 is 2.47 bits per heavy atom. The molecule has 0 radical (unpaired) electrons. The van der Waals surface area contributed by atoms with Crippen LogP contribution in [0.25, 0.3) is 0 Å². The summed E-state index contributed by atoms with van der Waals surface area (Å²) >= 11 is 0. The first kappa shape index (κ1) is 20.2. The molecule has 1 saturated heterocycles. The maximum absolute atomic E-state index is 13.4. The van der Waals surface area contributed by atoms with Crippen molar-refractivity contribution in [1.29, 1.82) is 0 Å². The molecule has 3 amide bonds. The number of rotatable bonds is 2. The molecule has 1 aromatic carbocycles. The minimum atomic E-state index is -1.61. The van der Waals surface area contributed by atoms with Crippen molar-refractivity contribution in [2.45, 2.75) is 51.5 Å². The van der Waals surface area contributed by atoms with Crippen molar-refractivity contribution < 1.29 is 27.9 Å². The lowest BCUT2D eigenvalue weighted by atomic mass is 10.1. The van der Waals surface area contributed by atoms with Gasteiger partial charge in [0.2, 0.25) is 0 Å². The van der Waals surface area contributed by atoms with E-state index < -0.39 is 35.5 Å². The maximum Gasteiger partial charge on any atom is 0.322 e. The second kappa shape index (κ2) is 7.31. The van der Waals surface area contributed by atoms with Crippen molar-refractivity contribution in [3.8, 4) is 0 Å². The van der Waals surface area contributed by atoms with E-state index in [0.717, 1.165) is 0 Å². The Kier molecular flexibility index (Phi) is 4.92. The molecule has 1 aromatic heterocycles. The third-order valence-corrected chi connectivity index (χ3v) is 5.50. The van der Waals surface area contributed by atoms with E-state index in [-0.39, 0.29) is 24.3 Å². The molecule has 2 aliphatic rings. The molecule has 0 spiro atoms. The highest BCUT2D eigenvalue weighted by atomic mass is 19.2. The molecule has 1 fully saturated rings. The number of halogens is 3. The average molecular weight is 423 g/mol. The van der Waals surface area contributed by atoms with E-state index >= 15 is 0 Å². The second-order valence-corrected chi connectivity index (χ2v) is 7.63. The minimum Gasteiger partial charge on any atom is -0.383 e. The van der Waals surface area contributed by atoms with E-state index in [1.807, 2.05) is 6.92 Å². The fraction of sp³-hybridized carbons (Fsp3) is 0.421. The highest BCUT2D eigenvalue weighted by Gasteiger charge is 2.40. The number of hydrogen-bond donors (Lipinski definition) is 2. The van der Waals surface area contributed by atoms with Gasteiger partial charge in [0.15, 0.2) is 17.5 Å². The van der Waals surface area contributed by atoms with Gasteiger partial charge in [-0.05, 0) is 13.8 Å². The standard InChI is InChI=1S/C19H20F3N5O3/c1-9-3-16(28)18(29)27(9)14-6-23-26-7-10(2)25(8-15(14)26)19(30)24-11-4-12(20)17(22)13(21)5-11/h4-6,9-10,16,28H,3,7-8H2,1-2H3,(H,24,30)/t9-,10-,16?/m0/s1. The van der Waals surface area contributed by atoms with Crippen LogP contribution in [-0.2, 0) is 17.9 Å². The normalized spacial score (nSPS) is 23.7. The molecule has 160 valence electrons. The lowest BCUT2D eigenvalue weighted by molar-refractivity contribution is -0.124. The molecule has 2 aromatic rings. The van der Waals surface area contributed by atoms with Gasteiger partial charge in [0.25, 0.3) is 5.91 Å². The van der Waals surface area contributed by atoms with Crippen LogP contribution in [0.2, 0.25) is 0 Å². The number of aliphatic hydroxyl groups is 1. The number of benzene rings is 1. The van der Waals surface area contributed by atoms with Crippen LogP contribution in [0.1, 0.15) is 26.0 Å². The molecule has 2 aliphatic heterocycles. The van der Waals surface area contributed by atoms with Gasteiger partial charge < -0.3 is 20.2 Å². The zero-order valence-electron chi connectivity index (χ0n) is 16.3. The number of nitrogens with zero attached hydrogens (tertiary/aromatic N) is 4. The summed E-state index contributed by atoms with van der Waals surface area (Å²) in [6.45, 7) is 4.02. The summed E-state index contributed by atoms with van der Waals surface area (Å²) < 4.78 is 41.7. The van der Waals surface area contributed by atoms with Crippen LogP contribution in [0.15, 0.2) is 18.3 Å². The Labute approximate surface area is 169 Å². The summed E-state index contributed by atoms with van der Waals surface area (Å²) in [5.41, 5.74) is 0.899. The van der Waals surface area contributed by atoms with Gasteiger partial charge in [-0.2, -0.15) is 5.10 Å². The van der Waals surface area contributed by atoms with E-state index in [1.165, 1.54) is 16.0 Å². The number of amides is 3. The van der Waals surface area contributed by atoms with Crippen LogP contribution in [0.5, 0.6) is 0 Å².